The molecule has 2 aliphatic heterocycles. The summed E-state index contributed by atoms with van der Waals surface area (Å²) < 4.78 is 18.1. The predicted octanol–water partition coefficient (Wildman–Crippen LogP) is 1.67. The minimum absolute atomic E-state index is 0.322. The number of nitrogens with one attached hydrogen (secondary N) is 2. The number of hydrogen-bond acceptors (Lipinski definition) is 3. The van der Waals surface area contributed by atoms with Gasteiger partial charge in [-0.3, -0.25) is 9.20 Å². The van der Waals surface area contributed by atoms with Crippen molar-refractivity contribution >= 4 is 16.8 Å². The average Bonchev–Trinajstić information content (AvgIpc) is 3.18. The molecule has 4 unspecified atom stereocenters. The van der Waals surface area contributed by atoms with Crippen LogP contribution in [0.3, 0.4) is 0 Å². The summed E-state index contributed by atoms with van der Waals surface area (Å²) >= 11 is 0. The molecule has 2 aliphatic rings. The van der Waals surface area contributed by atoms with Crippen LogP contribution < -0.4 is 10.6 Å². The zero-order valence-corrected chi connectivity index (χ0v) is 14.3. The quantitative estimate of drug-likeness (QED) is 0.613. The maximum Gasteiger partial charge on any atom is 0.191 e. The van der Waals surface area contributed by atoms with Crippen LogP contribution in [-0.4, -0.2) is 47.3 Å². The first-order valence-corrected chi connectivity index (χ1v) is 9.72. The van der Waals surface area contributed by atoms with Gasteiger partial charge in [0.15, 0.2) is 5.96 Å². The Labute approximate surface area is 140 Å². The van der Waals surface area contributed by atoms with Crippen LogP contribution in [0.25, 0.3) is 0 Å². The molecule has 4 atom stereocenters. The highest BCUT2D eigenvalue weighted by molar-refractivity contribution is 7.85. The Balaban J connectivity index is 1.51. The van der Waals surface area contributed by atoms with Crippen LogP contribution in [0.4, 0.5) is 0 Å². The highest BCUT2D eigenvalue weighted by Crippen LogP contribution is 2.34. The Kier molecular flexibility index (Phi) is 5.67. The maximum atomic E-state index is 12.2. The topological polar surface area (TPSA) is 62.7 Å². The minimum Gasteiger partial charge on any atom is -0.373 e. The van der Waals surface area contributed by atoms with Crippen molar-refractivity contribution in [3.05, 3.63) is 30.3 Å². The van der Waals surface area contributed by atoms with Crippen molar-refractivity contribution in [2.75, 3.05) is 18.8 Å². The lowest BCUT2D eigenvalue weighted by Crippen LogP contribution is -2.47. The van der Waals surface area contributed by atoms with Crippen molar-refractivity contribution in [3.63, 3.8) is 0 Å². The standard InChI is InChI=1S/C17H25N3O2S/c1-2-18-17(20-15-12-13-8-9-16(15)22-13)19-10-11-23(21)14-6-4-3-5-7-14/h3-7,13,15-16H,2,8-12H2,1H3,(H2,18,19,20). The van der Waals surface area contributed by atoms with Crippen molar-refractivity contribution in [1.82, 2.24) is 10.6 Å². The molecule has 0 spiro atoms. The van der Waals surface area contributed by atoms with Gasteiger partial charge in [0.05, 0.1) is 35.6 Å². The van der Waals surface area contributed by atoms with E-state index in [4.69, 9.17) is 4.74 Å². The molecule has 2 N–H and O–H groups in total. The van der Waals surface area contributed by atoms with Crippen LogP contribution in [0, 0.1) is 0 Å². The molecule has 23 heavy (non-hydrogen) atoms. The Bertz CT molecular complexity index is 564. The van der Waals surface area contributed by atoms with Gasteiger partial charge in [-0.2, -0.15) is 0 Å². The molecular weight excluding hydrogens is 310 g/mol. The van der Waals surface area contributed by atoms with E-state index in [1.165, 1.54) is 6.42 Å². The van der Waals surface area contributed by atoms with Gasteiger partial charge >= 0.3 is 0 Å². The van der Waals surface area contributed by atoms with Gasteiger partial charge in [0.1, 0.15) is 0 Å². The zero-order chi connectivity index (χ0) is 16.1. The molecule has 0 radical (unpaired) electrons. The number of nitrogens with zero attached hydrogens (tertiary/aromatic N) is 1. The summed E-state index contributed by atoms with van der Waals surface area (Å²) in [7, 11) is -0.997. The minimum atomic E-state index is -0.997. The number of rotatable bonds is 6. The first-order valence-electron chi connectivity index (χ1n) is 8.40. The number of guanidine groups is 1. The number of benzene rings is 1. The molecule has 1 aromatic carbocycles. The summed E-state index contributed by atoms with van der Waals surface area (Å²) in [6.07, 6.45) is 4.13. The van der Waals surface area contributed by atoms with Crippen molar-refractivity contribution in [1.29, 1.82) is 0 Å². The molecule has 2 saturated heterocycles. The van der Waals surface area contributed by atoms with Gasteiger partial charge in [0.2, 0.25) is 0 Å². The second-order valence-electron chi connectivity index (χ2n) is 5.98. The molecule has 1 aromatic rings. The van der Waals surface area contributed by atoms with E-state index in [1.54, 1.807) is 0 Å². The van der Waals surface area contributed by atoms with Crippen LogP contribution in [0.1, 0.15) is 26.2 Å². The normalized spacial score (nSPS) is 27.9. The second-order valence-corrected chi connectivity index (χ2v) is 7.55. The van der Waals surface area contributed by atoms with Gasteiger partial charge in [-0.1, -0.05) is 18.2 Å². The van der Waals surface area contributed by atoms with Crippen LogP contribution in [0.2, 0.25) is 0 Å². The van der Waals surface area contributed by atoms with Crippen LogP contribution >= 0.6 is 0 Å². The van der Waals surface area contributed by atoms with Gasteiger partial charge in [-0.15, -0.1) is 0 Å². The molecular formula is C17H25N3O2S. The van der Waals surface area contributed by atoms with Crippen molar-refractivity contribution in [3.8, 4) is 0 Å². The third-order valence-corrected chi connectivity index (χ3v) is 5.68. The predicted molar refractivity (Wildman–Crippen MR) is 93.1 cm³/mol. The van der Waals surface area contributed by atoms with E-state index in [0.717, 1.165) is 30.2 Å². The van der Waals surface area contributed by atoms with Crippen molar-refractivity contribution < 1.29 is 8.95 Å². The summed E-state index contributed by atoms with van der Waals surface area (Å²) in [5.74, 6) is 1.34. The van der Waals surface area contributed by atoms with Gasteiger partial charge < -0.3 is 15.4 Å². The first kappa shape index (κ1) is 16.5. The fourth-order valence-electron chi connectivity index (χ4n) is 3.22. The lowest BCUT2D eigenvalue weighted by molar-refractivity contribution is 0.0992. The molecule has 2 fully saturated rings. The number of aliphatic imine (C=N–C) groups is 1. The summed E-state index contributed by atoms with van der Waals surface area (Å²) in [6, 6.07) is 9.91. The lowest BCUT2D eigenvalue weighted by atomic mass is 9.96. The van der Waals surface area contributed by atoms with Gasteiger partial charge in [-0.05, 0) is 38.3 Å². The van der Waals surface area contributed by atoms with Gasteiger partial charge in [-0.25, -0.2) is 0 Å². The Morgan fingerprint density at radius 2 is 2.17 bits per heavy atom. The number of fused-ring (bicyclic) bond motifs is 2. The smallest absolute Gasteiger partial charge is 0.191 e. The molecule has 0 aliphatic carbocycles. The summed E-state index contributed by atoms with van der Waals surface area (Å²) in [4.78, 5) is 5.43. The van der Waals surface area contributed by atoms with Crippen LogP contribution in [0.5, 0.6) is 0 Å². The molecule has 0 saturated carbocycles. The summed E-state index contributed by atoms with van der Waals surface area (Å²) in [5.41, 5.74) is 0. The molecule has 126 valence electrons. The van der Waals surface area contributed by atoms with E-state index in [-0.39, 0.29) is 0 Å². The van der Waals surface area contributed by atoms with E-state index < -0.39 is 10.8 Å². The van der Waals surface area contributed by atoms with Crippen molar-refractivity contribution in [2.45, 2.75) is 49.3 Å². The summed E-state index contributed by atoms with van der Waals surface area (Å²) in [5, 5.41) is 6.74. The van der Waals surface area contributed by atoms with Crippen LogP contribution in [-0.2, 0) is 15.5 Å². The highest BCUT2D eigenvalue weighted by Gasteiger charge is 2.41. The third kappa shape index (κ3) is 4.32. The molecule has 0 aromatic heterocycles. The van der Waals surface area contributed by atoms with E-state index in [0.29, 0.717) is 30.5 Å². The molecule has 3 rings (SSSR count). The van der Waals surface area contributed by atoms with Gasteiger partial charge in [0.25, 0.3) is 0 Å². The molecule has 2 bridgehead atoms. The van der Waals surface area contributed by atoms with E-state index in [9.17, 15) is 4.21 Å². The van der Waals surface area contributed by atoms with E-state index >= 15 is 0 Å². The molecule has 2 heterocycles. The number of ether oxygens (including phenoxy) is 1. The average molecular weight is 335 g/mol. The second kappa shape index (κ2) is 7.93. The fourth-order valence-corrected chi connectivity index (χ4v) is 4.17. The van der Waals surface area contributed by atoms with E-state index in [1.807, 2.05) is 30.3 Å². The molecule has 5 nitrogen and oxygen atoms in total. The highest BCUT2D eigenvalue weighted by atomic mass is 32.2. The van der Waals surface area contributed by atoms with E-state index in [2.05, 4.69) is 22.5 Å². The lowest BCUT2D eigenvalue weighted by Gasteiger charge is -2.22. The third-order valence-electron chi connectivity index (χ3n) is 4.33. The Hall–Kier alpha value is -1.40. The summed E-state index contributed by atoms with van der Waals surface area (Å²) in [6.45, 7) is 3.41. The largest absolute Gasteiger partial charge is 0.373 e. The maximum absolute atomic E-state index is 12.2. The van der Waals surface area contributed by atoms with Crippen molar-refractivity contribution in [2.24, 2.45) is 4.99 Å². The SMILES string of the molecule is CCNC(=NCCS(=O)c1ccccc1)NC1CC2CCC1O2. The monoisotopic (exact) mass is 335 g/mol. The first-order chi connectivity index (χ1) is 11.3. The van der Waals surface area contributed by atoms with Gasteiger partial charge in [0, 0.05) is 17.2 Å². The zero-order valence-electron chi connectivity index (χ0n) is 13.5. The Morgan fingerprint density at radius 3 is 2.83 bits per heavy atom. The molecule has 6 heteroatoms. The fraction of sp³-hybridized carbons (Fsp3) is 0.588. The molecule has 0 amide bonds. The Morgan fingerprint density at radius 1 is 1.35 bits per heavy atom. The van der Waals surface area contributed by atoms with Crippen LogP contribution in [0.15, 0.2) is 40.2 Å². The number of hydrogen-bond donors (Lipinski definition) is 2.